The van der Waals surface area contributed by atoms with E-state index in [4.69, 9.17) is 4.84 Å². The summed E-state index contributed by atoms with van der Waals surface area (Å²) < 4.78 is 0. The van der Waals surface area contributed by atoms with Gasteiger partial charge in [0.1, 0.15) is 0 Å². The molecule has 1 rings (SSSR count). The molecule has 1 heterocycles. The van der Waals surface area contributed by atoms with Crippen LogP contribution in [0.25, 0.3) is 0 Å². The van der Waals surface area contributed by atoms with Gasteiger partial charge in [0.2, 0.25) is 0 Å². The lowest BCUT2D eigenvalue weighted by Crippen LogP contribution is -2.16. The van der Waals surface area contributed by atoms with Crippen molar-refractivity contribution in [1.29, 1.82) is 0 Å². The van der Waals surface area contributed by atoms with Gasteiger partial charge in [0.25, 0.3) is 0 Å². The molecule has 1 aliphatic rings. The van der Waals surface area contributed by atoms with E-state index in [0.29, 0.717) is 0 Å². The molecule has 0 bridgehead atoms. The van der Waals surface area contributed by atoms with E-state index < -0.39 is 0 Å². The van der Waals surface area contributed by atoms with E-state index in [1.165, 1.54) is 0 Å². The molecule has 54 valence electrons. The van der Waals surface area contributed by atoms with Gasteiger partial charge in [-0.2, -0.15) is 5.06 Å². The van der Waals surface area contributed by atoms with Crippen molar-refractivity contribution >= 4 is 0 Å². The standard InChI is InChI=1S/C7H15NO/c1-6(2)7-4-8(3)9-5-7/h6-7H,4-5H2,1-3H3. The highest BCUT2D eigenvalue weighted by molar-refractivity contribution is 4.67. The Kier molecular flexibility index (Phi) is 2.09. The minimum atomic E-state index is 0.745. The van der Waals surface area contributed by atoms with Crippen LogP contribution in [0.3, 0.4) is 0 Å². The quantitative estimate of drug-likeness (QED) is 0.526. The van der Waals surface area contributed by atoms with Gasteiger partial charge in [0.05, 0.1) is 6.61 Å². The van der Waals surface area contributed by atoms with Crippen molar-refractivity contribution in [2.45, 2.75) is 13.8 Å². The second kappa shape index (κ2) is 2.67. The Morgan fingerprint density at radius 3 is 2.44 bits per heavy atom. The topological polar surface area (TPSA) is 12.5 Å². The van der Waals surface area contributed by atoms with Crippen LogP contribution in [-0.2, 0) is 4.84 Å². The first-order chi connectivity index (χ1) is 4.20. The smallest absolute Gasteiger partial charge is 0.0728 e. The van der Waals surface area contributed by atoms with Crippen molar-refractivity contribution in [2.24, 2.45) is 11.8 Å². The van der Waals surface area contributed by atoms with Gasteiger partial charge in [-0.25, -0.2) is 0 Å². The first-order valence-corrected chi connectivity index (χ1v) is 3.54. The average molecular weight is 129 g/mol. The van der Waals surface area contributed by atoms with Crippen LogP contribution in [0.1, 0.15) is 13.8 Å². The van der Waals surface area contributed by atoms with Gasteiger partial charge in [-0.15, -0.1) is 0 Å². The normalized spacial score (nSPS) is 30.0. The Labute approximate surface area is 56.8 Å². The molecule has 1 unspecified atom stereocenters. The van der Waals surface area contributed by atoms with Gasteiger partial charge in [-0.05, 0) is 5.92 Å². The maximum atomic E-state index is 5.26. The zero-order valence-corrected chi connectivity index (χ0v) is 6.42. The van der Waals surface area contributed by atoms with Crippen LogP contribution in [0.4, 0.5) is 0 Å². The van der Waals surface area contributed by atoms with Crippen LogP contribution >= 0.6 is 0 Å². The maximum Gasteiger partial charge on any atom is 0.0728 e. The van der Waals surface area contributed by atoms with Crippen LogP contribution in [0.15, 0.2) is 0 Å². The monoisotopic (exact) mass is 129 g/mol. The highest BCUT2D eigenvalue weighted by Crippen LogP contribution is 2.18. The molecule has 2 heteroatoms. The lowest BCUT2D eigenvalue weighted by Gasteiger charge is -2.10. The zero-order chi connectivity index (χ0) is 6.85. The largest absolute Gasteiger partial charge is 0.299 e. The van der Waals surface area contributed by atoms with Gasteiger partial charge in [0.15, 0.2) is 0 Å². The number of hydroxylamine groups is 2. The minimum Gasteiger partial charge on any atom is -0.299 e. The molecular weight excluding hydrogens is 114 g/mol. The maximum absolute atomic E-state index is 5.26. The molecule has 1 atom stereocenters. The summed E-state index contributed by atoms with van der Waals surface area (Å²) in [5, 5.41) is 1.92. The fraction of sp³-hybridized carbons (Fsp3) is 1.00. The van der Waals surface area contributed by atoms with E-state index in [9.17, 15) is 0 Å². The van der Waals surface area contributed by atoms with Gasteiger partial charge in [0, 0.05) is 19.5 Å². The first-order valence-electron chi connectivity index (χ1n) is 3.54. The molecule has 0 aliphatic carbocycles. The molecule has 1 fully saturated rings. The van der Waals surface area contributed by atoms with Gasteiger partial charge in [-0.1, -0.05) is 13.8 Å². The minimum absolute atomic E-state index is 0.745. The molecule has 9 heavy (non-hydrogen) atoms. The Balaban J connectivity index is 2.30. The lowest BCUT2D eigenvalue weighted by molar-refractivity contribution is -0.0874. The molecule has 1 aliphatic heterocycles. The summed E-state index contributed by atoms with van der Waals surface area (Å²) >= 11 is 0. The molecule has 2 nitrogen and oxygen atoms in total. The second-order valence-corrected chi connectivity index (χ2v) is 3.11. The van der Waals surface area contributed by atoms with Crippen molar-refractivity contribution in [1.82, 2.24) is 5.06 Å². The van der Waals surface area contributed by atoms with Crippen molar-refractivity contribution < 1.29 is 4.84 Å². The van der Waals surface area contributed by atoms with E-state index in [2.05, 4.69) is 13.8 Å². The van der Waals surface area contributed by atoms with Crippen LogP contribution in [0.5, 0.6) is 0 Å². The number of hydrogen-bond donors (Lipinski definition) is 0. The van der Waals surface area contributed by atoms with Crippen molar-refractivity contribution in [3.63, 3.8) is 0 Å². The van der Waals surface area contributed by atoms with Gasteiger partial charge >= 0.3 is 0 Å². The third-order valence-electron chi connectivity index (χ3n) is 1.94. The predicted molar refractivity (Wildman–Crippen MR) is 36.9 cm³/mol. The molecule has 0 N–H and O–H groups in total. The highest BCUT2D eigenvalue weighted by Gasteiger charge is 2.22. The third kappa shape index (κ3) is 1.66. The van der Waals surface area contributed by atoms with Crippen molar-refractivity contribution in [2.75, 3.05) is 20.2 Å². The molecule has 0 aromatic heterocycles. The SMILES string of the molecule is CC(C)C1CON(C)C1. The average Bonchev–Trinajstić information content (AvgIpc) is 2.14. The number of nitrogens with zero attached hydrogens (tertiary/aromatic N) is 1. The summed E-state index contributed by atoms with van der Waals surface area (Å²) in [6, 6.07) is 0. The van der Waals surface area contributed by atoms with Crippen molar-refractivity contribution in [3.8, 4) is 0 Å². The summed E-state index contributed by atoms with van der Waals surface area (Å²) in [4.78, 5) is 5.26. The van der Waals surface area contributed by atoms with E-state index in [1.807, 2.05) is 12.1 Å². The van der Waals surface area contributed by atoms with E-state index in [0.717, 1.165) is 25.0 Å². The predicted octanol–water partition coefficient (Wildman–Crippen LogP) is 1.14. The van der Waals surface area contributed by atoms with Crippen molar-refractivity contribution in [3.05, 3.63) is 0 Å². The second-order valence-electron chi connectivity index (χ2n) is 3.11. The molecule has 0 radical (unpaired) electrons. The Hall–Kier alpha value is -0.0800. The number of hydrogen-bond acceptors (Lipinski definition) is 2. The van der Waals surface area contributed by atoms with E-state index in [1.54, 1.807) is 0 Å². The fourth-order valence-electron chi connectivity index (χ4n) is 1.06. The van der Waals surface area contributed by atoms with E-state index in [-0.39, 0.29) is 0 Å². The molecule has 0 saturated carbocycles. The molecule has 0 aromatic rings. The summed E-state index contributed by atoms with van der Waals surface area (Å²) in [5.41, 5.74) is 0. The third-order valence-corrected chi connectivity index (χ3v) is 1.94. The highest BCUT2D eigenvalue weighted by atomic mass is 16.7. The molecular formula is C7H15NO. The molecule has 1 saturated heterocycles. The van der Waals surface area contributed by atoms with E-state index >= 15 is 0 Å². The summed E-state index contributed by atoms with van der Waals surface area (Å²) in [5.74, 6) is 1.50. The van der Waals surface area contributed by atoms with Crippen LogP contribution < -0.4 is 0 Å². The Morgan fingerprint density at radius 1 is 1.56 bits per heavy atom. The Morgan fingerprint density at radius 2 is 2.22 bits per heavy atom. The fourth-order valence-corrected chi connectivity index (χ4v) is 1.06. The summed E-state index contributed by atoms with van der Waals surface area (Å²) in [6.45, 7) is 6.49. The first kappa shape index (κ1) is 7.03. The van der Waals surface area contributed by atoms with Crippen LogP contribution in [0, 0.1) is 11.8 Å². The number of rotatable bonds is 1. The molecule has 0 amide bonds. The molecule has 0 spiro atoms. The van der Waals surface area contributed by atoms with Crippen LogP contribution in [0.2, 0.25) is 0 Å². The summed E-state index contributed by atoms with van der Waals surface area (Å²) in [7, 11) is 1.99. The zero-order valence-electron chi connectivity index (χ0n) is 6.42. The Bertz CT molecular complexity index is 92.9. The lowest BCUT2D eigenvalue weighted by atomic mass is 9.98. The molecule has 0 aromatic carbocycles. The van der Waals surface area contributed by atoms with Crippen LogP contribution in [-0.4, -0.2) is 25.3 Å². The summed E-state index contributed by atoms with van der Waals surface area (Å²) in [6.07, 6.45) is 0. The van der Waals surface area contributed by atoms with Gasteiger partial charge < -0.3 is 0 Å². The van der Waals surface area contributed by atoms with Gasteiger partial charge in [-0.3, -0.25) is 4.84 Å².